The highest BCUT2D eigenvalue weighted by molar-refractivity contribution is 6.03. The van der Waals surface area contributed by atoms with Crippen molar-refractivity contribution in [2.45, 2.75) is 13.3 Å². The van der Waals surface area contributed by atoms with Gasteiger partial charge in [-0.15, -0.1) is 0 Å². The Morgan fingerprint density at radius 3 is 2.42 bits per heavy atom. The predicted octanol–water partition coefficient (Wildman–Crippen LogP) is 3.91. The Hall–Kier alpha value is -3.72. The minimum Gasteiger partial charge on any atom is -0.324 e. The van der Waals surface area contributed by atoms with Crippen molar-refractivity contribution < 1.29 is 4.79 Å². The molecule has 128 valence electrons. The summed E-state index contributed by atoms with van der Waals surface area (Å²) in [4.78, 5) is 20.7. The van der Waals surface area contributed by atoms with Crippen molar-refractivity contribution in [1.82, 2.24) is 9.97 Å². The highest BCUT2D eigenvalue weighted by Crippen LogP contribution is 2.19. The molecule has 0 saturated heterocycles. The molecule has 0 bridgehead atoms. The molecule has 0 aliphatic rings. The first-order valence-electron chi connectivity index (χ1n) is 8.18. The van der Waals surface area contributed by atoms with Gasteiger partial charge in [-0.1, -0.05) is 25.1 Å². The van der Waals surface area contributed by atoms with E-state index in [0.717, 1.165) is 12.1 Å². The number of benzene rings is 2. The van der Waals surface area contributed by atoms with Gasteiger partial charge in [0.15, 0.2) is 0 Å². The van der Waals surface area contributed by atoms with Crippen molar-refractivity contribution in [3.63, 3.8) is 0 Å². The zero-order chi connectivity index (χ0) is 18.4. The smallest absolute Gasteiger partial charge is 0.258 e. The first-order valence-corrected chi connectivity index (χ1v) is 8.18. The van der Waals surface area contributed by atoms with E-state index in [4.69, 9.17) is 5.26 Å². The van der Waals surface area contributed by atoms with Crippen molar-refractivity contribution in [3.05, 3.63) is 77.6 Å². The number of hydrogen-bond donors (Lipinski definition) is 2. The summed E-state index contributed by atoms with van der Waals surface area (Å²) >= 11 is 0. The topological polar surface area (TPSA) is 90.7 Å². The molecule has 0 unspecified atom stereocenters. The maximum absolute atomic E-state index is 12.3. The molecule has 0 radical (unpaired) electrons. The lowest BCUT2D eigenvalue weighted by Crippen LogP contribution is -2.13. The quantitative estimate of drug-likeness (QED) is 0.733. The number of carbonyl (C=O) groups is 1. The third-order valence-corrected chi connectivity index (χ3v) is 3.83. The van der Waals surface area contributed by atoms with Crippen LogP contribution in [0.5, 0.6) is 0 Å². The van der Waals surface area contributed by atoms with Crippen LogP contribution in [0, 0.1) is 11.3 Å². The molecule has 6 nitrogen and oxygen atoms in total. The SMILES string of the molecule is CCc1ccccc1Nc1ncc(C(=O)Nc2ccc(C#N)cc2)cn1. The molecule has 6 heteroatoms. The van der Waals surface area contributed by atoms with Crippen LogP contribution in [0.1, 0.15) is 28.4 Å². The Labute approximate surface area is 151 Å². The fourth-order valence-corrected chi connectivity index (χ4v) is 2.41. The van der Waals surface area contributed by atoms with Gasteiger partial charge in [-0.05, 0) is 42.3 Å². The summed E-state index contributed by atoms with van der Waals surface area (Å²) in [5.74, 6) is 0.121. The number of aromatic nitrogens is 2. The monoisotopic (exact) mass is 343 g/mol. The van der Waals surface area contributed by atoms with Gasteiger partial charge in [-0.2, -0.15) is 5.26 Å². The fraction of sp³-hybridized carbons (Fsp3) is 0.100. The van der Waals surface area contributed by atoms with Crippen LogP contribution in [0.3, 0.4) is 0 Å². The standard InChI is InChI=1S/C20H17N5O/c1-2-15-5-3-4-6-18(15)25-20-22-12-16(13-23-20)19(26)24-17-9-7-14(11-21)8-10-17/h3-10,12-13H,2H2,1H3,(H,24,26)(H,22,23,25). The van der Waals surface area contributed by atoms with E-state index in [1.165, 1.54) is 18.0 Å². The number of amides is 1. The molecule has 2 N–H and O–H groups in total. The summed E-state index contributed by atoms with van der Waals surface area (Å²) in [7, 11) is 0. The van der Waals surface area contributed by atoms with Crippen LogP contribution in [0.25, 0.3) is 0 Å². The zero-order valence-electron chi connectivity index (χ0n) is 14.2. The van der Waals surface area contributed by atoms with Gasteiger partial charge in [0, 0.05) is 23.8 Å². The van der Waals surface area contributed by atoms with Crippen molar-refractivity contribution in [2.75, 3.05) is 10.6 Å². The molecular weight excluding hydrogens is 326 g/mol. The third kappa shape index (κ3) is 4.02. The number of para-hydroxylation sites is 1. The average Bonchev–Trinajstić information content (AvgIpc) is 2.69. The van der Waals surface area contributed by atoms with Gasteiger partial charge in [0.1, 0.15) is 0 Å². The number of hydrogen-bond acceptors (Lipinski definition) is 5. The highest BCUT2D eigenvalue weighted by Gasteiger charge is 2.09. The van der Waals surface area contributed by atoms with Gasteiger partial charge in [0.25, 0.3) is 5.91 Å². The molecule has 1 heterocycles. The van der Waals surface area contributed by atoms with E-state index in [1.807, 2.05) is 30.3 Å². The molecular formula is C20H17N5O. The fourth-order valence-electron chi connectivity index (χ4n) is 2.41. The van der Waals surface area contributed by atoms with Crippen LogP contribution >= 0.6 is 0 Å². The van der Waals surface area contributed by atoms with E-state index in [9.17, 15) is 4.79 Å². The van der Waals surface area contributed by atoms with Crippen LogP contribution in [0.4, 0.5) is 17.3 Å². The Bertz CT molecular complexity index is 943. The number of carbonyl (C=O) groups excluding carboxylic acids is 1. The van der Waals surface area contributed by atoms with E-state index < -0.39 is 0 Å². The number of nitriles is 1. The van der Waals surface area contributed by atoms with E-state index in [-0.39, 0.29) is 5.91 Å². The Balaban J connectivity index is 1.68. The Morgan fingerprint density at radius 1 is 1.08 bits per heavy atom. The van der Waals surface area contributed by atoms with E-state index in [1.54, 1.807) is 24.3 Å². The number of nitrogens with zero attached hydrogens (tertiary/aromatic N) is 3. The van der Waals surface area contributed by atoms with E-state index in [2.05, 4.69) is 27.5 Å². The molecule has 0 saturated carbocycles. The summed E-state index contributed by atoms with van der Waals surface area (Å²) in [6.07, 6.45) is 3.85. The molecule has 3 rings (SSSR count). The zero-order valence-corrected chi connectivity index (χ0v) is 14.2. The number of aryl methyl sites for hydroxylation is 1. The Morgan fingerprint density at radius 2 is 1.77 bits per heavy atom. The van der Waals surface area contributed by atoms with E-state index in [0.29, 0.717) is 22.8 Å². The van der Waals surface area contributed by atoms with Crippen LogP contribution in [-0.2, 0) is 6.42 Å². The van der Waals surface area contributed by atoms with Crippen LogP contribution in [-0.4, -0.2) is 15.9 Å². The van der Waals surface area contributed by atoms with Crippen molar-refractivity contribution in [3.8, 4) is 6.07 Å². The van der Waals surface area contributed by atoms with Crippen molar-refractivity contribution in [2.24, 2.45) is 0 Å². The van der Waals surface area contributed by atoms with Crippen molar-refractivity contribution in [1.29, 1.82) is 5.26 Å². The van der Waals surface area contributed by atoms with E-state index >= 15 is 0 Å². The number of rotatable bonds is 5. The third-order valence-electron chi connectivity index (χ3n) is 3.83. The maximum atomic E-state index is 12.3. The van der Waals surface area contributed by atoms with Crippen molar-refractivity contribution >= 4 is 23.2 Å². The number of anilines is 3. The molecule has 0 aliphatic carbocycles. The molecule has 1 amide bonds. The second-order valence-corrected chi connectivity index (χ2v) is 5.57. The molecule has 0 atom stereocenters. The Kier molecular flexibility index (Phi) is 5.20. The minimum absolute atomic E-state index is 0.310. The lowest BCUT2D eigenvalue weighted by atomic mass is 10.1. The first kappa shape index (κ1) is 17.1. The predicted molar refractivity (Wildman–Crippen MR) is 100 cm³/mol. The highest BCUT2D eigenvalue weighted by atomic mass is 16.1. The summed E-state index contributed by atoms with van der Waals surface area (Å²) in [5, 5.41) is 14.7. The first-order chi connectivity index (χ1) is 12.7. The lowest BCUT2D eigenvalue weighted by molar-refractivity contribution is 0.102. The molecule has 0 spiro atoms. The maximum Gasteiger partial charge on any atom is 0.258 e. The van der Waals surface area contributed by atoms with Gasteiger partial charge in [0.05, 0.1) is 17.2 Å². The summed E-state index contributed by atoms with van der Waals surface area (Å²) in [5.41, 5.74) is 3.61. The average molecular weight is 343 g/mol. The van der Waals surface area contributed by atoms with Crippen LogP contribution in [0.2, 0.25) is 0 Å². The van der Waals surface area contributed by atoms with Crippen LogP contribution in [0.15, 0.2) is 60.9 Å². The van der Waals surface area contributed by atoms with Gasteiger partial charge in [-0.25, -0.2) is 9.97 Å². The molecule has 1 aromatic heterocycles. The molecule has 2 aromatic carbocycles. The van der Waals surface area contributed by atoms with Crippen LogP contribution < -0.4 is 10.6 Å². The lowest BCUT2D eigenvalue weighted by Gasteiger charge is -2.09. The summed E-state index contributed by atoms with van der Waals surface area (Å²) < 4.78 is 0. The largest absolute Gasteiger partial charge is 0.324 e. The normalized spacial score (nSPS) is 10.0. The molecule has 3 aromatic rings. The molecule has 26 heavy (non-hydrogen) atoms. The summed E-state index contributed by atoms with van der Waals surface area (Å²) in [6.45, 7) is 2.08. The second-order valence-electron chi connectivity index (χ2n) is 5.57. The van der Waals surface area contributed by atoms with Gasteiger partial charge >= 0.3 is 0 Å². The molecule has 0 aliphatic heterocycles. The van der Waals surface area contributed by atoms with Gasteiger partial charge in [-0.3, -0.25) is 4.79 Å². The number of nitrogens with one attached hydrogen (secondary N) is 2. The molecule has 0 fully saturated rings. The van der Waals surface area contributed by atoms with Gasteiger partial charge in [0.2, 0.25) is 5.95 Å². The second kappa shape index (κ2) is 7.90. The summed E-state index contributed by atoms with van der Waals surface area (Å²) in [6, 6.07) is 16.6. The minimum atomic E-state index is -0.310. The van der Waals surface area contributed by atoms with Gasteiger partial charge < -0.3 is 10.6 Å².